The Morgan fingerprint density at radius 3 is 2.52 bits per heavy atom. The second-order valence-corrected chi connectivity index (χ2v) is 10.8. The van der Waals surface area contributed by atoms with Crippen molar-refractivity contribution in [3.63, 3.8) is 0 Å². The SMILES string of the molecule is O=C(N[C@H]1CC[C@H](CN2C(=O)C(O)(c3cccc(Cl)c3F)c3c(F)cccc32)CC1)c1cc(Cl)cnc1C(F)F. The molecular weight excluding hydrogens is 573 g/mol. The van der Waals surface area contributed by atoms with Gasteiger partial charge in [0.25, 0.3) is 18.2 Å². The van der Waals surface area contributed by atoms with Gasteiger partial charge in [0, 0.05) is 24.3 Å². The largest absolute Gasteiger partial charge is 0.371 e. The van der Waals surface area contributed by atoms with Crippen LogP contribution in [0.5, 0.6) is 0 Å². The molecule has 0 spiro atoms. The Kier molecular flexibility index (Phi) is 7.78. The van der Waals surface area contributed by atoms with Crippen molar-refractivity contribution in [3.05, 3.63) is 92.7 Å². The summed E-state index contributed by atoms with van der Waals surface area (Å²) in [6.07, 6.45) is 0.159. The van der Waals surface area contributed by atoms with Crippen LogP contribution in [0.2, 0.25) is 10.0 Å². The van der Waals surface area contributed by atoms with Crippen LogP contribution in [0, 0.1) is 17.6 Å². The molecule has 1 aliphatic carbocycles. The summed E-state index contributed by atoms with van der Waals surface area (Å²) in [5.74, 6) is -3.57. The third-order valence-electron chi connectivity index (χ3n) is 7.50. The van der Waals surface area contributed by atoms with Crippen LogP contribution in [0.1, 0.15) is 59.3 Å². The third kappa shape index (κ3) is 4.93. The van der Waals surface area contributed by atoms with Gasteiger partial charge in [0.05, 0.1) is 26.9 Å². The molecule has 6 nitrogen and oxygen atoms in total. The second kappa shape index (κ2) is 11.0. The number of benzene rings is 2. The number of carbonyl (C=O) groups excluding carboxylic acids is 2. The van der Waals surface area contributed by atoms with E-state index in [0.717, 1.165) is 18.3 Å². The van der Waals surface area contributed by atoms with Crippen LogP contribution in [0.3, 0.4) is 0 Å². The van der Waals surface area contributed by atoms with Crippen LogP contribution < -0.4 is 10.2 Å². The molecule has 2 N–H and O–H groups in total. The molecule has 2 amide bonds. The van der Waals surface area contributed by atoms with Gasteiger partial charge < -0.3 is 15.3 Å². The van der Waals surface area contributed by atoms with E-state index in [0.29, 0.717) is 25.7 Å². The maximum Gasteiger partial charge on any atom is 0.281 e. The molecule has 210 valence electrons. The lowest BCUT2D eigenvalue weighted by Gasteiger charge is -2.32. The monoisotopic (exact) mass is 595 g/mol. The molecule has 0 radical (unpaired) electrons. The fraction of sp³-hybridized carbons (Fsp3) is 0.321. The Morgan fingerprint density at radius 2 is 1.82 bits per heavy atom. The number of carbonyl (C=O) groups is 2. The summed E-state index contributed by atoms with van der Waals surface area (Å²) >= 11 is 11.8. The highest BCUT2D eigenvalue weighted by Crippen LogP contribution is 2.47. The van der Waals surface area contributed by atoms with Gasteiger partial charge >= 0.3 is 0 Å². The van der Waals surface area contributed by atoms with Crippen LogP contribution in [0.25, 0.3) is 0 Å². The summed E-state index contributed by atoms with van der Waals surface area (Å²) in [5.41, 5.74) is -4.20. The van der Waals surface area contributed by atoms with Crippen LogP contribution in [-0.4, -0.2) is 34.5 Å². The first-order valence-corrected chi connectivity index (χ1v) is 13.3. The number of amides is 2. The Bertz CT molecular complexity index is 1480. The summed E-state index contributed by atoms with van der Waals surface area (Å²) in [6.45, 7) is 0.119. The van der Waals surface area contributed by atoms with Crippen molar-refractivity contribution in [3.8, 4) is 0 Å². The van der Waals surface area contributed by atoms with Crippen LogP contribution >= 0.6 is 23.2 Å². The molecule has 1 atom stereocenters. The van der Waals surface area contributed by atoms with Gasteiger partial charge in [-0.3, -0.25) is 14.6 Å². The lowest BCUT2D eigenvalue weighted by Crippen LogP contribution is -2.45. The average molecular weight is 596 g/mol. The van der Waals surface area contributed by atoms with Gasteiger partial charge in [-0.15, -0.1) is 0 Å². The Hall–Kier alpha value is -3.21. The molecule has 2 heterocycles. The van der Waals surface area contributed by atoms with Crippen LogP contribution in [-0.2, 0) is 10.4 Å². The molecule has 2 aliphatic rings. The summed E-state index contributed by atoms with van der Waals surface area (Å²) in [5, 5.41) is 14.1. The van der Waals surface area contributed by atoms with Gasteiger partial charge in [-0.1, -0.05) is 41.4 Å². The van der Waals surface area contributed by atoms with E-state index in [1.165, 1.54) is 35.2 Å². The lowest BCUT2D eigenvalue weighted by molar-refractivity contribution is -0.132. The number of alkyl halides is 2. The molecule has 1 fully saturated rings. The van der Waals surface area contributed by atoms with Crippen LogP contribution in [0.15, 0.2) is 48.7 Å². The van der Waals surface area contributed by atoms with E-state index in [1.807, 2.05) is 0 Å². The number of aliphatic hydroxyl groups is 1. The molecule has 5 rings (SSSR count). The highest BCUT2D eigenvalue weighted by atomic mass is 35.5. The van der Waals surface area contributed by atoms with E-state index in [1.54, 1.807) is 0 Å². The van der Waals surface area contributed by atoms with E-state index in [9.17, 15) is 27.9 Å². The second-order valence-electron chi connectivity index (χ2n) is 9.94. The Balaban J connectivity index is 1.31. The van der Waals surface area contributed by atoms with Crippen molar-refractivity contribution >= 4 is 40.7 Å². The Labute approximate surface area is 236 Å². The van der Waals surface area contributed by atoms with E-state index in [4.69, 9.17) is 23.2 Å². The lowest BCUT2D eigenvalue weighted by atomic mass is 9.85. The van der Waals surface area contributed by atoms with E-state index < -0.39 is 46.7 Å². The first-order chi connectivity index (χ1) is 19.0. The summed E-state index contributed by atoms with van der Waals surface area (Å²) in [6, 6.07) is 8.64. The quantitative estimate of drug-likeness (QED) is 0.334. The number of hydrogen-bond acceptors (Lipinski definition) is 4. The van der Waals surface area contributed by atoms with Crippen molar-refractivity contribution < 1.29 is 32.3 Å². The standard InChI is InChI=1S/C28H23Cl2F4N3O3/c29-15-11-17(24(25(33)34)35-12-15)26(38)36-16-9-7-14(8-10-16)13-37-21-6-2-5-20(31)22(21)28(40,27(37)39)18-3-1-4-19(30)23(18)32/h1-6,11-12,14,16,25,40H,7-10,13H2,(H,36,38)/t14-,16-,28?. The Morgan fingerprint density at radius 1 is 1.12 bits per heavy atom. The maximum absolute atomic E-state index is 15.1. The number of rotatable bonds is 6. The van der Waals surface area contributed by atoms with Gasteiger partial charge in [-0.05, 0) is 55.9 Å². The highest BCUT2D eigenvalue weighted by Gasteiger charge is 2.54. The van der Waals surface area contributed by atoms with E-state index >= 15 is 4.39 Å². The molecule has 1 unspecified atom stereocenters. The molecule has 12 heteroatoms. The predicted molar refractivity (Wildman–Crippen MR) is 141 cm³/mol. The number of anilines is 1. The average Bonchev–Trinajstić information content (AvgIpc) is 3.14. The molecule has 2 aromatic carbocycles. The number of halogens is 6. The van der Waals surface area contributed by atoms with Gasteiger partial charge in [-0.2, -0.15) is 0 Å². The third-order valence-corrected chi connectivity index (χ3v) is 8.00. The smallest absolute Gasteiger partial charge is 0.281 e. The molecule has 1 saturated carbocycles. The first-order valence-electron chi connectivity index (χ1n) is 12.5. The fourth-order valence-corrected chi connectivity index (χ4v) is 5.87. The normalized spacial score (nSPS) is 22.5. The summed E-state index contributed by atoms with van der Waals surface area (Å²) in [7, 11) is 0. The van der Waals surface area contributed by atoms with E-state index in [2.05, 4.69) is 10.3 Å². The maximum atomic E-state index is 15.1. The zero-order chi connectivity index (χ0) is 28.8. The van der Waals surface area contributed by atoms with Crippen molar-refractivity contribution in [1.82, 2.24) is 10.3 Å². The topological polar surface area (TPSA) is 82.5 Å². The first kappa shape index (κ1) is 28.3. The minimum absolute atomic E-state index is 0.0582. The number of nitrogens with zero attached hydrogens (tertiary/aromatic N) is 2. The number of fused-ring (bicyclic) bond motifs is 1. The van der Waals surface area contributed by atoms with Crippen molar-refractivity contribution in [2.24, 2.45) is 5.92 Å². The number of pyridine rings is 1. The minimum Gasteiger partial charge on any atom is -0.371 e. The molecular formula is C28H23Cl2F4N3O3. The molecule has 0 bridgehead atoms. The van der Waals surface area contributed by atoms with Gasteiger partial charge in [0.15, 0.2) is 0 Å². The number of hydrogen-bond donors (Lipinski definition) is 2. The molecule has 1 aliphatic heterocycles. The van der Waals surface area contributed by atoms with Crippen molar-refractivity contribution in [1.29, 1.82) is 0 Å². The van der Waals surface area contributed by atoms with Crippen LogP contribution in [0.4, 0.5) is 23.2 Å². The number of nitrogens with one attached hydrogen (secondary N) is 1. The number of aromatic nitrogens is 1. The van der Waals surface area contributed by atoms with Gasteiger partial charge in [0.1, 0.15) is 17.3 Å². The van der Waals surface area contributed by atoms with Crippen molar-refractivity contribution in [2.45, 2.75) is 43.8 Å². The summed E-state index contributed by atoms with van der Waals surface area (Å²) in [4.78, 5) is 31.2. The molecule has 0 saturated heterocycles. The predicted octanol–water partition coefficient (Wildman–Crippen LogP) is 6.18. The zero-order valence-corrected chi connectivity index (χ0v) is 22.3. The van der Waals surface area contributed by atoms with E-state index in [-0.39, 0.29) is 45.4 Å². The van der Waals surface area contributed by atoms with Gasteiger partial charge in [0.2, 0.25) is 5.60 Å². The van der Waals surface area contributed by atoms with Crippen molar-refractivity contribution in [2.75, 3.05) is 11.4 Å². The van der Waals surface area contributed by atoms with Gasteiger partial charge in [-0.25, -0.2) is 17.6 Å². The molecule has 3 aromatic rings. The molecule has 1 aromatic heterocycles. The summed E-state index contributed by atoms with van der Waals surface area (Å²) < 4.78 is 56.7. The zero-order valence-electron chi connectivity index (χ0n) is 20.8. The highest BCUT2D eigenvalue weighted by molar-refractivity contribution is 6.31. The molecule has 40 heavy (non-hydrogen) atoms. The fourth-order valence-electron chi connectivity index (χ4n) is 5.54. The minimum atomic E-state index is -2.95.